The van der Waals surface area contributed by atoms with Gasteiger partial charge in [0.15, 0.2) is 0 Å². The van der Waals surface area contributed by atoms with Crippen LogP contribution in [0.2, 0.25) is 0 Å². The van der Waals surface area contributed by atoms with Gasteiger partial charge < -0.3 is 26.2 Å². The fourth-order valence-electron chi connectivity index (χ4n) is 4.12. The highest BCUT2D eigenvalue weighted by molar-refractivity contribution is 6.38. The van der Waals surface area contributed by atoms with Crippen LogP contribution in [-0.2, 0) is 24.0 Å². The lowest BCUT2D eigenvalue weighted by Crippen LogP contribution is -2.59. The highest BCUT2D eigenvalue weighted by Gasteiger charge is 2.36. The van der Waals surface area contributed by atoms with Crippen molar-refractivity contribution in [3.8, 4) is 0 Å². The molecule has 0 unspecified atom stereocenters. The Labute approximate surface area is 229 Å². The minimum absolute atomic E-state index is 0.261. The minimum atomic E-state index is -1.16. The van der Waals surface area contributed by atoms with Crippen molar-refractivity contribution in [2.45, 2.75) is 72.5 Å². The molecule has 2 rings (SSSR count). The van der Waals surface area contributed by atoms with Gasteiger partial charge in [-0.05, 0) is 43.2 Å². The molecule has 1 aliphatic heterocycles. The van der Waals surface area contributed by atoms with E-state index in [9.17, 15) is 28.8 Å². The lowest BCUT2D eigenvalue weighted by Gasteiger charge is -2.31. The average Bonchev–Trinajstić information content (AvgIpc) is 3.42. The van der Waals surface area contributed by atoms with Crippen molar-refractivity contribution >= 4 is 35.3 Å². The van der Waals surface area contributed by atoms with Crippen molar-refractivity contribution in [1.82, 2.24) is 26.2 Å². The molecule has 11 nitrogen and oxygen atoms in total. The van der Waals surface area contributed by atoms with Crippen LogP contribution in [0.1, 0.15) is 64.7 Å². The van der Waals surface area contributed by atoms with Crippen molar-refractivity contribution in [2.75, 3.05) is 19.6 Å². The Morgan fingerprint density at radius 3 is 1.97 bits per heavy atom. The topological polar surface area (TPSA) is 154 Å². The van der Waals surface area contributed by atoms with E-state index in [-0.39, 0.29) is 12.5 Å². The number of amides is 5. The van der Waals surface area contributed by atoms with E-state index in [0.717, 1.165) is 12.8 Å². The number of nitrogens with zero attached hydrogens (tertiary/aromatic N) is 1. The lowest BCUT2D eigenvalue weighted by atomic mass is 9.85. The molecule has 4 N–H and O–H groups in total. The third kappa shape index (κ3) is 9.19. The summed E-state index contributed by atoms with van der Waals surface area (Å²) in [5, 5.41) is 10.2. The highest BCUT2D eigenvalue weighted by Crippen LogP contribution is 2.20. The fourth-order valence-corrected chi connectivity index (χ4v) is 4.12. The molecule has 39 heavy (non-hydrogen) atoms. The van der Waals surface area contributed by atoms with Gasteiger partial charge >= 0.3 is 0 Å². The van der Waals surface area contributed by atoms with E-state index in [1.54, 1.807) is 69.9 Å². The van der Waals surface area contributed by atoms with Gasteiger partial charge in [-0.2, -0.15) is 0 Å². The largest absolute Gasteiger partial charge is 0.344 e. The maximum atomic E-state index is 13.1. The van der Waals surface area contributed by atoms with Crippen LogP contribution in [0, 0.1) is 11.3 Å². The van der Waals surface area contributed by atoms with Crippen molar-refractivity contribution in [3.63, 3.8) is 0 Å². The van der Waals surface area contributed by atoms with Gasteiger partial charge in [0.05, 0.1) is 12.6 Å². The molecule has 11 heteroatoms. The summed E-state index contributed by atoms with van der Waals surface area (Å²) < 4.78 is 0. The molecular formula is C28H41N5O6. The summed E-state index contributed by atoms with van der Waals surface area (Å²) in [7, 11) is 0. The average molecular weight is 544 g/mol. The van der Waals surface area contributed by atoms with E-state index in [2.05, 4.69) is 21.3 Å². The molecule has 5 amide bonds. The number of rotatable bonds is 11. The van der Waals surface area contributed by atoms with Crippen LogP contribution in [0.15, 0.2) is 30.3 Å². The second-order valence-electron chi connectivity index (χ2n) is 11.2. The van der Waals surface area contributed by atoms with E-state index >= 15 is 0 Å². The van der Waals surface area contributed by atoms with E-state index < -0.39 is 58.9 Å². The first-order valence-corrected chi connectivity index (χ1v) is 13.3. The molecule has 214 valence electrons. The van der Waals surface area contributed by atoms with Crippen LogP contribution in [0.3, 0.4) is 0 Å². The number of benzene rings is 1. The first kappa shape index (κ1) is 31.5. The van der Waals surface area contributed by atoms with E-state index in [0.29, 0.717) is 18.7 Å². The van der Waals surface area contributed by atoms with Gasteiger partial charge in [-0.3, -0.25) is 28.8 Å². The summed E-state index contributed by atoms with van der Waals surface area (Å²) in [5.41, 5.74) is -0.282. The van der Waals surface area contributed by atoms with Gasteiger partial charge in [0, 0.05) is 18.7 Å². The van der Waals surface area contributed by atoms with Gasteiger partial charge in [-0.15, -0.1) is 0 Å². The summed E-state index contributed by atoms with van der Waals surface area (Å²) in [5.74, 6) is -4.20. The van der Waals surface area contributed by atoms with Crippen LogP contribution < -0.4 is 21.3 Å². The van der Waals surface area contributed by atoms with E-state index in [1.807, 2.05) is 0 Å². The second-order valence-corrected chi connectivity index (χ2v) is 11.2. The molecule has 0 aromatic heterocycles. The van der Waals surface area contributed by atoms with Crippen LogP contribution in [0.25, 0.3) is 0 Å². The quantitative estimate of drug-likeness (QED) is 0.303. The lowest BCUT2D eigenvalue weighted by molar-refractivity contribution is -0.142. The molecular weight excluding hydrogens is 502 g/mol. The van der Waals surface area contributed by atoms with Crippen LogP contribution in [0.5, 0.6) is 0 Å². The summed E-state index contributed by atoms with van der Waals surface area (Å²) >= 11 is 0. The zero-order chi connectivity index (χ0) is 29.3. The van der Waals surface area contributed by atoms with Crippen molar-refractivity contribution in [1.29, 1.82) is 0 Å². The molecule has 0 aliphatic carbocycles. The Hall–Kier alpha value is -3.76. The fraction of sp³-hybridized carbons (Fsp3) is 0.571. The van der Waals surface area contributed by atoms with Crippen molar-refractivity contribution < 1.29 is 28.8 Å². The minimum Gasteiger partial charge on any atom is -0.344 e. The summed E-state index contributed by atoms with van der Waals surface area (Å²) in [6, 6.07) is 5.28. The highest BCUT2D eigenvalue weighted by atomic mass is 16.2. The summed E-state index contributed by atoms with van der Waals surface area (Å²) in [6.07, 6.45) is 1.81. The number of hydrogen-bond acceptors (Lipinski definition) is 6. The molecule has 1 aliphatic rings. The van der Waals surface area contributed by atoms with Gasteiger partial charge in [-0.1, -0.05) is 52.8 Å². The third-order valence-electron chi connectivity index (χ3n) is 6.52. The Kier molecular flexibility index (Phi) is 11.2. The van der Waals surface area contributed by atoms with Crippen LogP contribution >= 0.6 is 0 Å². The number of ketones is 1. The zero-order valence-electron chi connectivity index (χ0n) is 23.6. The number of Topliss-reactive ketones (excluding diaryl/α,β-unsaturated/α-hetero) is 1. The number of carbonyl (C=O) groups excluding carboxylic acids is 6. The predicted octanol–water partition coefficient (Wildman–Crippen LogP) is 0.784. The molecule has 1 heterocycles. The van der Waals surface area contributed by atoms with E-state index in [4.69, 9.17) is 0 Å². The molecule has 0 spiro atoms. The van der Waals surface area contributed by atoms with Crippen LogP contribution in [0.4, 0.5) is 0 Å². The smallest absolute Gasteiger partial charge is 0.290 e. The molecule has 0 bridgehead atoms. The van der Waals surface area contributed by atoms with Gasteiger partial charge in [-0.25, -0.2) is 0 Å². The maximum Gasteiger partial charge on any atom is 0.290 e. The van der Waals surface area contributed by atoms with Crippen LogP contribution in [-0.4, -0.2) is 78.0 Å². The molecule has 1 saturated heterocycles. The van der Waals surface area contributed by atoms with Crippen molar-refractivity contribution in [3.05, 3.63) is 35.9 Å². The maximum absolute atomic E-state index is 13.1. The van der Waals surface area contributed by atoms with Gasteiger partial charge in [0.25, 0.3) is 11.8 Å². The summed E-state index contributed by atoms with van der Waals surface area (Å²) in [4.78, 5) is 77.8. The SMILES string of the molecule is CC(C)[C@H](NC(=O)[C@H](C)NC(=O)[C@@H](NC(=O)c1ccccc1)C(C)(C)C)C(=O)C(=O)NCC(=O)N1CCCC1. The molecule has 1 aromatic rings. The number of carbonyl (C=O) groups is 6. The molecule has 1 fully saturated rings. The Morgan fingerprint density at radius 2 is 1.44 bits per heavy atom. The molecule has 1 aromatic carbocycles. The number of hydrogen-bond donors (Lipinski definition) is 4. The zero-order valence-corrected chi connectivity index (χ0v) is 23.6. The molecule has 0 saturated carbocycles. The summed E-state index contributed by atoms with van der Waals surface area (Å²) in [6.45, 7) is 11.1. The Bertz CT molecular complexity index is 1060. The predicted molar refractivity (Wildman–Crippen MR) is 145 cm³/mol. The first-order valence-electron chi connectivity index (χ1n) is 13.3. The third-order valence-corrected chi connectivity index (χ3v) is 6.52. The van der Waals surface area contributed by atoms with Gasteiger partial charge in [0.1, 0.15) is 12.1 Å². The van der Waals surface area contributed by atoms with Gasteiger partial charge in [0.2, 0.25) is 23.5 Å². The first-order chi connectivity index (χ1) is 18.2. The normalized spacial score (nSPS) is 15.6. The van der Waals surface area contributed by atoms with Crippen molar-refractivity contribution in [2.24, 2.45) is 11.3 Å². The Morgan fingerprint density at radius 1 is 0.846 bits per heavy atom. The number of nitrogens with one attached hydrogen (secondary N) is 4. The Balaban J connectivity index is 1.99. The standard InChI is InChI=1S/C28H41N5O6/c1-17(2)21(22(35)26(38)29-16-20(34)33-14-10-11-15-33)31-24(36)18(3)30-27(39)23(28(4,5)6)32-25(37)19-12-8-7-9-13-19/h7-9,12-13,17-18,21,23H,10-11,14-16H2,1-6H3,(H,29,38)(H,30,39)(H,31,36)(H,32,37)/t18-,21-,23+/m0/s1. The molecule has 3 atom stereocenters. The van der Waals surface area contributed by atoms with E-state index in [1.165, 1.54) is 6.92 Å². The molecule has 0 radical (unpaired) electrons. The second kappa shape index (κ2) is 13.9. The number of likely N-dealkylation sites (tertiary alicyclic amines) is 1. The monoisotopic (exact) mass is 543 g/mol.